The fourth-order valence-corrected chi connectivity index (χ4v) is 3.38. The summed E-state index contributed by atoms with van der Waals surface area (Å²) in [7, 11) is 1.66. The van der Waals surface area contributed by atoms with Crippen molar-refractivity contribution in [1.82, 2.24) is 5.32 Å². The second kappa shape index (κ2) is 7.18. The van der Waals surface area contributed by atoms with Gasteiger partial charge in [-0.15, -0.1) is 0 Å². The van der Waals surface area contributed by atoms with Gasteiger partial charge < -0.3 is 15.4 Å². The number of nitrogens with one attached hydrogen (secondary N) is 2. The van der Waals surface area contributed by atoms with Gasteiger partial charge in [-0.3, -0.25) is 0 Å². The van der Waals surface area contributed by atoms with Crippen LogP contribution in [0.1, 0.15) is 41.1 Å². The van der Waals surface area contributed by atoms with Crippen LogP contribution in [0.2, 0.25) is 0 Å². The van der Waals surface area contributed by atoms with Gasteiger partial charge in [0.15, 0.2) is 0 Å². The van der Waals surface area contributed by atoms with Gasteiger partial charge in [-0.05, 0) is 68.4 Å². The van der Waals surface area contributed by atoms with Crippen LogP contribution in [0.15, 0.2) is 36.4 Å². The smallest absolute Gasteiger partial charge is 0.319 e. The maximum Gasteiger partial charge on any atom is 0.319 e. The van der Waals surface area contributed by atoms with Crippen molar-refractivity contribution in [2.75, 3.05) is 12.4 Å². The number of hydrogen-bond acceptors (Lipinski definition) is 2. The van der Waals surface area contributed by atoms with Crippen LogP contribution >= 0.6 is 0 Å². The quantitative estimate of drug-likeness (QED) is 0.815. The molecule has 2 aromatic carbocycles. The number of benzene rings is 2. The summed E-state index contributed by atoms with van der Waals surface area (Å²) in [4.78, 5) is 12.6. The number of carbonyl (C=O) groups is 1. The molecule has 0 spiro atoms. The number of rotatable bonds is 5. The number of hydrogen-bond donors (Lipinski definition) is 2. The lowest BCUT2D eigenvalue weighted by molar-refractivity contribution is 0.247. The number of urea groups is 1. The maximum absolute atomic E-state index is 12.6. The second-order valence-corrected chi connectivity index (χ2v) is 6.96. The van der Waals surface area contributed by atoms with Crippen molar-refractivity contribution < 1.29 is 9.53 Å². The first-order valence-corrected chi connectivity index (χ1v) is 8.77. The number of aryl methyl sites for hydroxylation is 3. The molecule has 2 amide bonds. The van der Waals surface area contributed by atoms with E-state index in [2.05, 4.69) is 29.7 Å². The first-order valence-electron chi connectivity index (χ1n) is 8.77. The first-order chi connectivity index (χ1) is 12.0. The molecule has 4 nitrogen and oxygen atoms in total. The van der Waals surface area contributed by atoms with Crippen molar-refractivity contribution in [1.29, 1.82) is 0 Å². The van der Waals surface area contributed by atoms with Crippen LogP contribution in [0.4, 0.5) is 10.5 Å². The minimum atomic E-state index is -0.150. The Bertz CT molecular complexity index is 741. The molecule has 4 heteroatoms. The third kappa shape index (κ3) is 4.13. The van der Waals surface area contributed by atoms with Crippen molar-refractivity contribution in [3.05, 3.63) is 58.7 Å². The third-order valence-electron chi connectivity index (χ3n) is 4.77. The Morgan fingerprint density at radius 1 is 1.08 bits per heavy atom. The summed E-state index contributed by atoms with van der Waals surface area (Å²) in [5.41, 5.74) is 5.39. The molecule has 2 aromatic rings. The highest BCUT2D eigenvalue weighted by molar-refractivity contribution is 5.91. The number of carbonyl (C=O) groups excluding carboxylic acids is 1. The second-order valence-electron chi connectivity index (χ2n) is 6.96. The van der Waals surface area contributed by atoms with Crippen LogP contribution in [0.3, 0.4) is 0 Å². The van der Waals surface area contributed by atoms with E-state index in [-0.39, 0.29) is 12.1 Å². The molecule has 2 N–H and O–H groups in total. The molecule has 0 bridgehead atoms. The highest BCUT2D eigenvalue weighted by Gasteiger charge is 2.33. The molecule has 1 aliphatic carbocycles. The molecule has 0 aromatic heterocycles. The summed E-state index contributed by atoms with van der Waals surface area (Å²) >= 11 is 0. The molecular weight excluding hydrogens is 312 g/mol. The van der Waals surface area contributed by atoms with Crippen LogP contribution < -0.4 is 15.4 Å². The summed E-state index contributed by atoms with van der Waals surface area (Å²) < 4.78 is 5.22. The zero-order chi connectivity index (χ0) is 18.0. The molecule has 1 saturated carbocycles. The molecule has 1 aliphatic rings. The Morgan fingerprint density at radius 3 is 2.20 bits per heavy atom. The minimum absolute atomic E-state index is 0.0389. The van der Waals surface area contributed by atoms with Crippen molar-refractivity contribution >= 4 is 11.7 Å². The van der Waals surface area contributed by atoms with Crippen molar-refractivity contribution in [2.45, 2.75) is 39.7 Å². The predicted octanol–water partition coefficient (Wildman–Crippen LogP) is 4.89. The molecule has 1 fully saturated rings. The summed E-state index contributed by atoms with van der Waals surface area (Å²) in [5, 5.41) is 6.20. The number of ether oxygens (including phenoxy) is 1. The largest absolute Gasteiger partial charge is 0.497 e. The van der Waals surface area contributed by atoms with Crippen molar-refractivity contribution in [2.24, 2.45) is 5.92 Å². The predicted molar refractivity (Wildman–Crippen MR) is 101 cm³/mol. The SMILES string of the molecule is COc1ccc(C(NC(=O)Nc2c(C)cc(C)cc2C)C2CC2)cc1. The van der Waals surface area contributed by atoms with Gasteiger partial charge in [0, 0.05) is 5.69 Å². The molecule has 132 valence electrons. The Balaban J connectivity index is 1.73. The lowest BCUT2D eigenvalue weighted by atomic mass is 10.0. The Morgan fingerprint density at radius 2 is 1.68 bits per heavy atom. The number of anilines is 1. The summed E-state index contributed by atoms with van der Waals surface area (Å²) in [5.74, 6) is 1.34. The van der Waals surface area contributed by atoms with E-state index >= 15 is 0 Å². The summed E-state index contributed by atoms with van der Waals surface area (Å²) in [6.45, 7) is 6.12. The maximum atomic E-state index is 12.6. The minimum Gasteiger partial charge on any atom is -0.497 e. The molecular formula is C21H26N2O2. The van der Waals surface area contributed by atoms with Crippen LogP contribution in [0.5, 0.6) is 5.75 Å². The fraction of sp³-hybridized carbons (Fsp3) is 0.381. The van der Waals surface area contributed by atoms with Gasteiger partial charge >= 0.3 is 6.03 Å². The van der Waals surface area contributed by atoms with E-state index in [0.717, 1.165) is 41.0 Å². The number of methoxy groups -OCH3 is 1. The van der Waals surface area contributed by atoms with Gasteiger partial charge in [0.1, 0.15) is 5.75 Å². The monoisotopic (exact) mass is 338 g/mol. The average Bonchev–Trinajstić information content (AvgIpc) is 3.41. The van der Waals surface area contributed by atoms with Gasteiger partial charge in [0.2, 0.25) is 0 Å². The molecule has 1 unspecified atom stereocenters. The normalized spacial score (nSPS) is 14.7. The van der Waals surface area contributed by atoms with Gasteiger partial charge in [-0.25, -0.2) is 4.79 Å². The lowest BCUT2D eigenvalue weighted by Gasteiger charge is -2.21. The summed E-state index contributed by atoms with van der Waals surface area (Å²) in [6.07, 6.45) is 2.30. The van der Waals surface area contributed by atoms with E-state index in [1.807, 2.05) is 38.1 Å². The molecule has 0 radical (unpaired) electrons. The van der Waals surface area contributed by atoms with E-state index in [1.165, 1.54) is 5.56 Å². The van der Waals surface area contributed by atoms with Gasteiger partial charge in [0.25, 0.3) is 0 Å². The van der Waals surface area contributed by atoms with E-state index in [4.69, 9.17) is 4.74 Å². The van der Waals surface area contributed by atoms with E-state index in [9.17, 15) is 4.79 Å². The van der Waals surface area contributed by atoms with Gasteiger partial charge in [-0.1, -0.05) is 29.8 Å². The zero-order valence-corrected chi connectivity index (χ0v) is 15.3. The standard InChI is InChI=1S/C21H26N2O2/c1-13-11-14(2)19(15(3)12-13)22-21(24)23-20(16-5-6-16)17-7-9-18(25-4)10-8-17/h7-12,16,20H,5-6H2,1-4H3,(H2,22,23,24). The highest BCUT2D eigenvalue weighted by Crippen LogP contribution is 2.41. The molecule has 0 heterocycles. The Kier molecular flexibility index (Phi) is 4.98. The Hall–Kier alpha value is -2.49. The van der Waals surface area contributed by atoms with Gasteiger partial charge in [0.05, 0.1) is 13.2 Å². The van der Waals surface area contributed by atoms with E-state index < -0.39 is 0 Å². The van der Waals surface area contributed by atoms with Crippen LogP contribution in [0, 0.1) is 26.7 Å². The van der Waals surface area contributed by atoms with Crippen LogP contribution in [-0.4, -0.2) is 13.1 Å². The molecule has 3 rings (SSSR count). The average molecular weight is 338 g/mol. The third-order valence-corrected chi connectivity index (χ3v) is 4.77. The Labute approximate surface area is 149 Å². The molecule has 0 saturated heterocycles. The number of amides is 2. The molecule has 25 heavy (non-hydrogen) atoms. The van der Waals surface area contributed by atoms with E-state index in [1.54, 1.807) is 7.11 Å². The molecule has 0 aliphatic heterocycles. The van der Waals surface area contributed by atoms with Crippen molar-refractivity contribution in [3.8, 4) is 5.75 Å². The zero-order valence-electron chi connectivity index (χ0n) is 15.3. The highest BCUT2D eigenvalue weighted by atomic mass is 16.5. The van der Waals surface area contributed by atoms with Crippen molar-refractivity contribution in [3.63, 3.8) is 0 Å². The summed E-state index contributed by atoms with van der Waals surface area (Å²) in [6, 6.07) is 12.0. The van der Waals surface area contributed by atoms with Crippen LogP contribution in [0.25, 0.3) is 0 Å². The van der Waals surface area contributed by atoms with Gasteiger partial charge in [-0.2, -0.15) is 0 Å². The lowest BCUT2D eigenvalue weighted by Crippen LogP contribution is -2.34. The topological polar surface area (TPSA) is 50.4 Å². The molecule has 1 atom stereocenters. The van der Waals surface area contributed by atoms with E-state index in [0.29, 0.717) is 5.92 Å². The first kappa shape index (κ1) is 17.3. The van der Waals surface area contributed by atoms with Crippen LogP contribution in [-0.2, 0) is 0 Å². The fourth-order valence-electron chi connectivity index (χ4n) is 3.38.